The Kier molecular flexibility index (Phi) is 4.34. The molecule has 0 spiro atoms. The number of halogens is 1. The SMILES string of the molecule is O=C(NC(CO)(CO)CO)c1cc2c(F)cccc2s1. The van der Waals surface area contributed by atoms with E-state index in [0.717, 1.165) is 11.3 Å². The molecule has 1 heterocycles. The van der Waals surface area contributed by atoms with E-state index in [0.29, 0.717) is 10.1 Å². The van der Waals surface area contributed by atoms with E-state index in [4.69, 9.17) is 15.3 Å². The Hall–Kier alpha value is -1.54. The van der Waals surface area contributed by atoms with Crippen LogP contribution in [0.25, 0.3) is 10.1 Å². The van der Waals surface area contributed by atoms with Crippen LogP contribution in [0, 0.1) is 5.82 Å². The van der Waals surface area contributed by atoms with Gasteiger partial charge in [0.2, 0.25) is 0 Å². The minimum Gasteiger partial charge on any atom is -0.394 e. The molecule has 1 aromatic heterocycles. The normalized spacial score (nSPS) is 11.8. The third-order valence-corrected chi connectivity index (χ3v) is 4.12. The second kappa shape index (κ2) is 5.84. The highest BCUT2D eigenvalue weighted by Crippen LogP contribution is 2.27. The second-order valence-electron chi connectivity index (χ2n) is 4.47. The summed E-state index contributed by atoms with van der Waals surface area (Å²) in [6.45, 7) is -1.82. The molecule has 0 saturated carbocycles. The molecule has 5 nitrogen and oxygen atoms in total. The number of thiophene rings is 1. The number of carbonyl (C=O) groups is 1. The number of hydrogen-bond acceptors (Lipinski definition) is 5. The zero-order valence-corrected chi connectivity index (χ0v) is 11.3. The Morgan fingerprint density at radius 2 is 1.90 bits per heavy atom. The minimum absolute atomic E-state index is 0.241. The van der Waals surface area contributed by atoms with Crippen LogP contribution in [-0.4, -0.2) is 46.6 Å². The van der Waals surface area contributed by atoms with Crippen LogP contribution in [-0.2, 0) is 0 Å². The molecule has 0 bridgehead atoms. The molecule has 1 amide bonds. The maximum atomic E-state index is 13.6. The van der Waals surface area contributed by atoms with Gasteiger partial charge in [-0.3, -0.25) is 4.79 Å². The zero-order valence-electron chi connectivity index (χ0n) is 10.5. The molecule has 108 valence electrons. The molecule has 1 aromatic carbocycles. The van der Waals surface area contributed by atoms with Gasteiger partial charge in [0, 0.05) is 10.1 Å². The van der Waals surface area contributed by atoms with Crippen molar-refractivity contribution in [1.29, 1.82) is 0 Å². The maximum absolute atomic E-state index is 13.6. The summed E-state index contributed by atoms with van der Waals surface area (Å²) in [7, 11) is 0. The van der Waals surface area contributed by atoms with Crippen LogP contribution >= 0.6 is 11.3 Å². The summed E-state index contributed by atoms with van der Waals surface area (Å²) < 4.78 is 14.2. The molecule has 20 heavy (non-hydrogen) atoms. The number of fused-ring (bicyclic) bond motifs is 1. The molecule has 0 atom stereocenters. The summed E-state index contributed by atoms with van der Waals surface area (Å²) in [5.74, 6) is -1.00. The van der Waals surface area contributed by atoms with Crippen molar-refractivity contribution in [3.8, 4) is 0 Å². The van der Waals surface area contributed by atoms with Crippen LogP contribution in [0.4, 0.5) is 4.39 Å². The van der Waals surface area contributed by atoms with Gasteiger partial charge in [-0.15, -0.1) is 11.3 Å². The van der Waals surface area contributed by atoms with Crippen molar-refractivity contribution in [3.63, 3.8) is 0 Å². The summed E-state index contributed by atoms with van der Waals surface area (Å²) in [4.78, 5) is 12.3. The predicted molar refractivity (Wildman–Crippen MR) is 73.2 cm³/mol. The molecule has 0 unspecified atom stereocenters. The van der Waals surface area contributed by atoms with E-state index < -0.39 is 37.1 Å². The maximum Gasteiger partial charge on any atom is 0.262 e. The lowest BCUT2D eigenvalue weighted by atomic mass is 10.0. The Morgan fingerprint density at radius 3 is 2.45 bits per heavy atom. The molecule has 0 aliphatic rings. The van der Waals surface area contributed by atoms with Crippen LogP contribution in [0.5, 0.6) is 0 Å². The smallest absolute Gasteiger partial charge is 0.262 e. The average molecular weight is 299 g/mol. The van der Waals surface area contributed by atoms with Gasteiger partial charge in [-0.1, -0.05) is 6.07 Å². The van der Waals surface area contributed by atoms with E-state index in [2.05, 4.69) is 5.32 Å². The number of aliphatic hydroxyl groups excluding tert-OH is 3. The van der Waals surface area contributed by atoms with Crippen molar-refractivity contribution in [2.24, 2.45) is 0 Å². The second-order valence-corrected chi connectivity index (χ2v) is 5.55. The summed E-state index contributed by atoms with van der Waals surface area (Å²) >= 11 is 1.09. The van der Waals surface area contributed by atoms with E-state index in [1.54, 1.807) is 12.1 Å². The first-order valence-corrected chi connectivity index (χ1v) is 6.70. The Morgan fingerprint density at radius 1 is 1.25 bits per heavy atom. The summed E-state index contributed by atoms with van der Waals surface area (Å²) in [6, 6.07) is 5.95. The van der Waals surface area contributed by atoms with Crippen molar-refractivity contribution in [2.75, 3.05) is 19.8 Å². The molecule has 7 heteroatoms. The fraction of sp³-hybridized carbons (Fsp3) is 0.308. The van der Waals surface area contributed by atoms with Crippen molar-refractivity contribution in [1.82, 2.24) is 5.32 Å². The molecule has 2 aromatic rings. The van der Waals surface area contributed by atoms with Crippen LogP contribution in [0.2, 0.25) is 0 Å². The van der Waals surface area contributed by atoms with Gasteiger partial charge in [0.25, 0.3) is 5.91 Å². The standard InChI is InChI=1S/C13H14FNO4S/c14-9-2-1-3-10-8(9)4-11(20-10)12(19)15-13(5-16,6-17)7-18/h1-4,16-18H,5-7H2,(H,15,19). The molecule has 0 saturated heterocycles. The zero-order chi connectivity index (χ0) is 14.8. The largest absolute Gasteiger partial charge is 0.394 e. The molecule has 0 aliphatic carbocycles. The van der Waals surface area contributed by atoms with Gasteiger partial charge in [-0.2, -0.15) is 0 Å². The van der Waals surface area contributed by atoms with Gasteiger partial charge in [0.1, 0.15) is 11.4 Å². The third-order valence-electron chi connectivity index (χ3n) is 3.02. The first-order chi connectivity index (χ1) is 9.55. The highest BCUT2D eigenvalue weighted by Gasteiger charge is 2.30. The quantitative estimate of drug-likeness (QED) is 0.647. The first kappa shape index (κ1) is 14.9. The number of rotatable bonds is 5. The third kappa shape index (κ3) is 2.66. The van der Waals surface area contributed by atoms with Gasteiger partial charge in [-0.05, 0) is 18.2 Å². The van der Waals surface area contributed by atoms with E-state index in [1.165, 1.54) is 12.1 Å². The fourth-order valence-corrected chi connectivity index (χ4v) is 2.68. The molecule has 0 radical (unpaired) electrons. The van der Waals surface area contributed by atoms with Crippen LogP contribution < -0.4 is 5.32 Å². The van der Waals surface area contributed by atoms with Gasteiger partial charge in [-0.25, -0.2) is 4.39 Å². The first-order valence-electron chi connectivity index (χ1n) is 5.88. The molecule has 4 N–H and O–H groups in total. The monoisotopic (exact) mass is 299 g/mol. The predicted octanol–water partition coefficient (Wildman–Crippen LogP) is 0.486. The van der Waals surface area contributed by atoms with Gasteiger partial charge in [0.05, 0.1) is 24.7 Å². The molecular weight excluding hydrogens is 285 g/mol. The number of nitrogens with one attached hydrogen (secondary N) is 1. The molecule has 0 aliphatic heterocycles. The molecule has 2 rings (SSSR count). The molecular formula is C13H14FNO4S. The summed E-state index contributed by atoms with van der Waals surface area (Å²) in [6.07, 6.45) is 0. The number of benzene rings is 1. The van der Waals surface area contributed by atoms with Crippen LogP contribution in [0.15, 0.2) is 24.3 Å². The highest BCUT2D eigenvalue weighted by molar-refractivity contribution is 7.20. The Bertz CT molecular complexity index is 616. The minimum atomic E-state index is -1.49. The van der Waals surface area contributed by atoms with Crippen molar-refractivity contribution >= 4 is 27.3 Å². The number of amides is 1. The van der Waals surface area contributed by atoms with E-state index in [9.17, 15) is 9.18 Å². The van der Waals surface area contributed by atoms with Gasteiger partial charge >= 0.3 is 0 Å². The fourth-order valence-electron chi connectivity index (χ4n) is 1.71. The number of aliphatic hydroxyl groups is 3. The van der Waals surface area contributed by atoms with Crippen LogP contribution in [0.1, 0.15) is 9.67 Å². The lowest BCUT2D eigenvalue weighted by Crippen LogP contribution is -2.56. The van der Waals surface area contributed by atoms with Gasteiger partial charge < -0.3 is 20.6 Å². The van der Waals surface area contributed by atoms with E-state index >= 15 is 0 Å². The lowest BCUT2D eigenvalue weighted by molar-refractivity contribution is 0.0377. The van der Waals surface area contributed by atoms with Crippen molar-refractivity contribution < 1.29 is 24.5 Å². The number of hydrogen-bond donors (Lipinski definition) is 4. The highest BCUT2D eigenvalue weighted by atomic mass is 32.1. The Balaban J connectivity index is 2.30. The van der Waals surface area contributed by atoms with Gasteiger partial charge in [0.15, 0.2) is 0 Å². The van der Waals surface area contributed by atoms with E-state index in [1.807, 2.05) is 0 Å². The van der Waals surface area contributed by atoms with E-state index in [-0.39, 0.29) is 4.88 Å². The van der Waals surface area contributed by atoms with Crippen LogP contribution in [0.3, 0.4) is 0 Å². The number of carbonyl (C=O) groups excluding carboxylic acids is 1. The van der Waals surface area contributed by atoms with Crippen molar-refractivity contribution in [2.45, 2.75) is 5.54 Å². The molecule has 0 fully saturated rings. The Labute approximate surface area is 118 Å². The van der Waals surface area contributed by atoms with Crippen molar-refractivity contribution in [3.05, 3.63) is 35.0 Å². The average Bonchev–Trinajstić information content (AvgIpc) is 2.90. The summed E-state index contributed by atoms with van der Waals surface area (Å²) in [5.41, 5.74) is -1.49. The lowest BCUT2D eigenvalue weighted by Gasteiger charge is -2.28. The summed E-state index contributed by atoms with van der Waals surface area (Å²) in [5, 5.41) is 30.2. The topological polar surface area (TPSA) is 89.8 Å².